The molecule has 1 aromatic heterocycles. The molecule has 0 amide bonds. The molecule has 2 rings (SSSR count). The molecule has 1 aromatic rings. The fourth-order valence-electron chi connectivity index (χ4n) is 2.50. The zero-order chi connectivity index (χ0) is 13.7. The van der Waals surface area contributed by atoms with Crippen LogP contribution in [0.3, 0.4) is 0 Å². The molecule has 1 fully saturated rings. The second-order valence-electron chi connectivity index (χ2n) is 5.26. The molecular weight excluding hydrogens is 258 g/mol. The van der Waals surface area contributed by atoms with Crippen LogP contribution < -0.4 is 0 Å². The standard InChI is InChI=1S/C15H23NO2S/c1-3-16(9-13-4-6-18-7-5-13)10-14-8-15(12(2)17)19-11-14/h8,11,13H,3-7,9-10H2,1-2H3. The van der Waals surface area contributed by atoms with Gasteiger partial charge in [-0.2, -0.15) is 0 Å². The van der Waals surface area contributed by atoms with Gasteiger partial charge in [0.1, 0.15) is 0 Å². The van der Waals surface area contributed by atoms with E-state index in [1.54, 1.807) is 18.3 Å². The maximum atomic E-state index is 11.3. The van der Waals surface area contributed by atoms with Crippen LogP contribution in [0.25, 0.3) is 0 Å². The molecule has 1 aliphatic rings. The van der Waals surface area contributed by atoms with E-state index in [4.69, 9.17) is 4.74 Å². The zero-order valence-corrected chi connectivity index (χ0v) is 12.7. The van der Waals surface area contributed by atoms with Crippen molar-refractivity contribution >= 4 is 17.1 Å². The lowest BCUT2D eigenvalue weighted by atomic mass is 9.99. The van der Waals surface area contributed by atoms with E-state index in [1.165, 1.54) is 18.4 Å². The van der Waals surface area contributed by atoms with Crippen molar-refractivity contribution in [1.29, 1.82) is 0 Å². The molecule has 0 N–H and O–H groups in total. The summed E-state index contributed by atoms with van der Waals surface area (Å²) in [4.78, 5) is 14.7. The average molecular weight is 281 g/mol. The number of nitrogens with zero attached hydrogens (tertiary/aromatic N) is 1. The number of rotatable bonds is 6. The molecule has 1 saturated heterocycles. The van der Waals surface area contributed by atoms with Crippen LogP contribution >= 0.6 is 11.3 Å². The molecule has 0 atom stereocenters. The highest BCUT2D eigenvalue weighted by Crippen LogP contribution is 2.20. The molecular formula is C15H23NO2S. The van der Waals surface area contributed by atoms with E-state index >= 15 is 0 Å². The minimum absolute atomic E-state index is 0.170. The fraction of sp³-hybridized carbons (Fsp3) is 0.667. The topological polar surface area (TPSA) is 29.5 Å². The summed E-state index contributed by atoms with van der Waals surface area (Å²) in [5.74, 6) is 0.934. The zero-order valence-electron chi connectivity index (χ0n) is 11.9. The molecule has 0 bridgehead atoms. The van der Waals surface area contributed by atoms with Crippen LogP contribution in [0.5, 0.6) is 0 Å². The first kappa shape index (κ1) is 14.7. The van der Waals surface area contributed by atoms with E-state index < -0.39 is 0 Å². The van der Waals surface area contributed by atoms with Gasteiger partial charge in [0.05, 0.1) is 4.88 Å². The molecule has 0 radical (unpaired) electrons. The minimum Gasteiger partial charge on any atom is -0.381 e. The third kappa shape index (κ3) is 4.41. The summed E-state index contributed by atoms with van der Waals surface area (Å²) in [7, 11) is 0. The molecule has 0 unspecified atom stereocenters. The second-order valence-corrected chi connectivity index (χ2v) is 6.17. The third-order valence-electron chi connectivity index (χ3n) is 3.71. The van der Waals surface area contributed by atoms with Crippen molar-refractivity contribution in [2.24, 2.45) is 5.92 Å². The van der Waals surface area contributed by atoms with E-state index in [0.29, 0.717) is 0 Å². The Morgan fingerprint density at radius 2 is 2.21 bits per heavy atom. The summed E-state index contributed by atoms with van der Waals surface area (Å²) in [6.07, 6.45) is 2.36. The molecule has 4 heteroatoms. The summed E-state index contributed by atoms with van der Waals surface area (Å²) in [5, 5.41) is 2.11. The van der Waals surface area contributed by atoms with Crippen LogP contribution in [0.4, 0.5) is 0 Å². The van der Waals surface area contributed by atoms with Crippen LogP contribution in [0.1, 0.15) is 41.9 Å². The first-order chi connectivity index (χ1) is 9.19. The average Bonchev–Trinajstić information content (AvgIpc) is 2.88. The SMILES string of the molecule is CCN(Cc1csc(C(C)=O)c1)CC1CCOCC1. The van der Waals surface area contributed by atoms with Crippen LogP contribution in [-0.2, 0) is 11.3 Å². The summed E-state index contributed by atoms with van der Waals surface area (Å²) in [6, 6.07) is 2.04. The number of carbonyl (C=O) groups is 1. The van der Waals surface area contributed by atoms with Gasteiger partial charge in [-0.3, -0.25) is 9.69 Å². The lowest BCUT2D eigenvalue weighted by Gasteiger charge is -2.28. The Bertz CT molecular complexity index is 410. The van der Waals surface area contributed by atoms with E-state index in [9.17, 15) is 4.79 Å². The number of Topliss-reactive ketones (excluding diaryl/α,β-unsaturated/α-hetero) is 1. The van der Waals surface area contributed by atoms with Gasteiger partial charge in [-0.1, -0.05) is 6.92 Å². The maximum absolute atomic E-state index is 11.3. The largest absolute Gasteiger partial charge is 0.381 e. The Kier molecular flexibility index (Phi) is 5.55. The van der Waals surface area contributed by atoms with Gasteiger partial charge in [0, 0.05) is 26.3 Å². The molecule has 3 nitrogen and oxygen atoms in total. The summed E-state index contributed by atoms with van der Waals surface area (Å²) in [6.45, 7) is 8.82. The molecule has 1 aliphatic heterocycles. The van der Waals surface area contributed by atoms with Crippen molar-refractivity contribution in [2.75, 3.05) is 26.3 Å². The van der Waals surface area contributed by atoms with Gasteiger partial charge >= 0.3 is 0 Å². The second kappa shape index (κ2) is 7.17. The van der Waals surface area contributed by atoms with E-state index in [1.807, 2.05) is 6.07 Å². The highest BCUT2D eigenvalue weighted by molar-refractivity contribution is 7.12. The van der Waals surface area contributed by atoms with Crippen LogP contribution in [0, 0.1) is 5.92 Å². The summed E-state index contributed by atoms with van der Waals surface area (Å²) < 4.78 is 5.41. The quantitative estimate of drug-likeness (QED) is 0.750. The Hall–Kier alpha value is -0.710. The van der Waals surface area contributed by atoms with Crippen LogP contribution in [0.2, 0.25) is 0 Å². The van der Waals surface area contributed by atoms with E-state index in [2.05, 4.69) is 17.2 Å². The normalized spacial score (nSPS) is 17.0. The van der Waals surface area contributed by atoms with Crippen molar-refractivity contribution in [3.63, 3.8) is 0 Å². The fourth-order valence-corrected chi connectivity index (χ4v) is 3.31. The van der Waals surface area contributed by atoms with Gasteiger partial charge in [-0.15, -0.1) is 11.3 Å². The van der Waals surface area contributed by atoms with Gasteiger partial charge in [0.15, 0.2) is 5.78 Å². The van der Waals surface area contributed by atoms with Gasteiger partial charge in [-0.05, 0) is 49.2 Å². The highest BCUT2D eigenvalue weighted by atomic mass is 32.1. The van der Waals surface area contributed by atoms with Gasteiger partial charge < -0.3 is 4.74 Å². The van der Waals surface area contributed by atoms with Gasteiger partial charge in [0.25, 0.3) is 0 Å². The molecule has 106 valence electrons. The maximum Gasteiger partial charge on any atom is 0.169 e. The molecule has 19 heavy (non-hydrogen) atoms. The summed E-state index contributed by atoms with van der Waals surface area (Å²) in [5.41, 5.74) is 1.27. The molecule has 0 aromatic carbocycles. The first-order valence-corrected chi connectivity index (χ1v) is 7.95. The Labute approximate surface area is 119 Å². The molecule has 0 saturated carbocycles. The van der Waals surface area contributed by atoms with Crippen LogP contribution in [0.15, 0.2) is 11.4 Å². The number of thiophene rings is 1. The van der Waals surface area contributed by atoms with Crippen molar-refractivity contribution in [1.82, 2.24) is 4.90 Å². The Morgan fingerprint density at radius 3 is 2.79 bits per heavy atom. The van der Waals surface area contributed by atoms with E-state index in [0.717, 1.165) is 43.6 Å². The van der Waals surface area contributed by atoms with Crippen molar-refractivity contribution in [3.05, 3.63) is 21.9 Å². The highest BCUT2D eigenvalue weighted by Gasteiger charge is 2.17. The number of carbonyl (C=O) groups excluding carboxylic acids is 1. The van der Waals surface area contributed by atoms with Crippen molar-refractivity contribution in [2.45, 2.75) is 33.2 Å². The smallest absolute Gasteiger partial charge is 0.169 e. The van der Waals surface area contributed by atoms with E-state index in [-0.39, 0.29) is 5.78 Å². The van der Waals surface area contributed by atoms with Gasteiger partial charge in [0.2, 0.25) is 0 Å². The Balaban J connectivity index is 1.88. The van der Waals surface area contributed by atoms with Crippen molar-refractivity contribution < 1.29 is 9.53 Å². The van der Waals surface area contributed by atoms with Crippen molar-refractivity contribution in [3.8, 4) is 0 Å². The number of ketones is 1. The monoisotopic (exact) mass is 281 g/mol. The number of hydrogen-bond donors (Lipinski definition) is 0. The van der Waals surface area contributed by atoms with Gasteiger partial charge in [-0.25, -0.2) is 0 Å². The molecule has 0 spiro atoms. The lowest BCUT2D eigenvalue weighted by Crippen LogP contribution is -2.31. The third-order valence-corrected chi connectivity index (χ3v) is 4.79. The lowest BCUT2D eigenvalue weighted by molar-refractivity contribution is 0.0522. The van der Waals surface area contributed by atoms with Crippen LogP contribution in [-0.4, -0.2) is 37.0 Å². The molecule has 2 heterocycles. The number of ether oxygens (including phenoxy) is 1. The summed E-state index contributed by atoms with van der Waals surface area (Å²) >= 11 is 1.56. The predicted molar refractivity (Wildman–Crippen MR) is 78.8 cm³/mol. The predicted octanol–water partition coefficient (Wildman–Crippen LogP) is 3.20. The molecule has 0 aliphatic carbocycles. The minimum atomic E-state index is 0.170. The number of hydrogen-bond acceptors (Lipinski definition) is 4. The first-order valence-electron chi connectivity index (χ1n) is 7.07. The Morgan fingerprint density at radius 1 is 1.47 bits per heavy atom.